The number of hydrogen-bond donors (Lipinski definition) is 1. The topological polar surface area (TPSA) is 61.8 Å². The van der Waals surface area contributed by atoms with Crippen LogP contribution in [0.4, 0.5) is 26.7 Å². The highest BCUT2D eigenvalue weighted by atomic mass is 19.2. The maximum Gasteiger partial charge on any atom is 0.346 e. The summed E-state index contributed by atoms with van der Waals surface area (Å²) in [5.41, 5.74) is -2.39. The Bertz CT molecular complexity index is 967. The molecule has 0 unspecified atom stereocenters. The fourth-order valence-electron chi connectivity index (χ4n) is 2.88. The molecule has 1 aliphatic heterocycles. The van der Waals surface area contributed by atoms with Gasteiger partial charge in [0, 0.05) is 0 Å². The summed E-state index contributed by atoms with van der Waals surface area (Å²) in [5, 5.41) is 6.11. The van der Waals surface area contributed by atoms with Crippen molar-refractivity contribution in [3.63, 3.8) is 0 Å². The Morgan fingerprint density at radius 2 is 1.50 bits per heavy atom. The zero-order valence-electron chi connectivity index (χ0n) is 14.3. The highest BCUT2D eigenvalue weighted by molar-refractivity contribution is 6.07. The summed E-state index contributed by atoms with van der Waals surface area (Å²) >= 11 is 0. The van der Waals surface area contributed by atoms with Crippen molar-refractivity contribution in [3.05, 3.63) is 70.5 Å². The van der Waals surface area contributed by atoms with Gasteiger partial charge in [-0.3, -0.25) is 4.79 Å². The number of benzene rings is 2. The van der Waals surface area contributed by atoms with E-state index >= 15 is 0 Å². The molecule has 0 bridgehead atoms. The summed E-state index contributed by atoms with van der Waals surface area (Å²) in [5.74, 6) is -11.8. The molecular formula is C18H12F5N3O2. The van der Waals surface area contributed by atoms with Crippen LogP contribution in [0.1, 0.15) is 24.5 Å². The van der Waals surface area contributed by atoms with E-state index in [9.17, 15) is 31.5 Å². The van der Waals surface area contributed by atoms with Gasteiger partial charge in [0.2, 0.25) is 5.82 Å². The van der Waals surface area contributed by atoms with E-state index in [4.69, 9.17) is 0 Å². The number of hydrogen-bond acceptors (Lipinski definition) is 3. The first-order chi connectivity index (χ1) is 13.2. The summed E-state index contributed by atoms with van der Waals surface area (Å²) in [6.07, 6.45) is 0.376. The highest BCUT2D eigenvalue weighted by Gasteiger charge is 2.51. The molecule has 2 aromatic carbocycles. The zero-order valence-corrected chi connectivity index (χ0v) is 14.3. The molecule has 2 aromatic rings. The van der Waals surface area contributed by atoms with E-state index in [0.717, 1.165) is 0 Å². The van der Waals surface area contributed by atoms with Gasteiger partial charge in [-0.1, -0.05) is 37.3 Å². The third kappa shape index (κ3) is 2.81. The molecule has 0 aliphatic carbocycles. The minimum Gasteiger partial charge on any atom is -0.318 e. The van der Waals surface area contributed by atoms with Crippen LogP contribution in [0.5, 0.6) is 0 Å². The molecule has 0 saturated carbocycles. The average Bonchev–Trinajstić information content (AvgIpc) is 2.96. The van der Waals surface area contributed by atoms with Crippen LogP contribution in [-0.2, 0) is 10.3 Å². The van der Waals surface area contributed by atoms with Crippen LogP contribution in [-0.4, -0.2) is 23.2 Å². The largest absolute Gasteiger partial charge is 0.346 e. The van der Waals surface area contributed by atoms with E-state index in [0.29, 0.717) is 5.56 Å². The van der Waals surface area contributed by atoms with Crippen molar-refractivity contribution in [1.29, 1.82) is 0 Å². The van der Waals surface area contributed by atoms with Crippen LogP contribution in [0.2, 0.25) is 0 Å². The molecule has 1 atom stereocenters. The van der Waals surface area contributed by atoms with E-state index in [1.54, 1.807) is 37.3 Å². The number of carbonyl (C=O) groups excluding carboxylic acids is 2. The fraction of sp³-hybridized carbons (Fsp3) is 0.167. The van der Waals surface area contributed by atoms with Gasteiger partial charge in [-0.2, -0.15) is 5.10 Å². The molecule has 0 spiro atoms. The molecule has 3 rings (SSSR count). The predicted molar refractivity (Wildman–Crippen MR) is 87.6 cm³/mol. The summed E-state index contributed by atoms with van der Waals surface area (Å²) in [6, 6.07) is 7.18. The molecule has 3 amide bonds. The van der Waals surface area contributed by atoms with Crippen molar-refractivity contribution < 1.29 is 31.5 Å². The molecular weight excluding hydrogens is 385 g/mol. The molecule has 5 nitrogen and oxygen atoms in total. The molecule has 1 aliphatic rings. The third-order valence-corrected chi connectivity index (χ3v) is 4.41. The van der Waals surface area contributed by atoms with Crippen molar-refractivity contribution in [2.75, 3.05) is 0 Å². The quantitative estimate of drug-likeness (QED) is 0.282. The van der Waals surface area contributed by atoms with Gasteiger partial charge < -0.3 is 5.32 Å². The SMILES string of the molecule is CC[C@]1(c2ccccc2)NC(=O)N(/N=C\c2c(F)c(F)c(F)c(F)c2F)C1=O. The Hall–Kier alpha value is -3.30. The number of nitrogens with zero attached hydrogens (tertiary/aromatic N) is 2. The highest BCUT2D eigenvalue weighted by Crippen LogP contribution is 2.32. The molecule has 1 heterocycles. The lowest BCUT2D eigenvalue weighted by molar-refractivity contribution is -0.131. The van der Waals surface area contributed by atoms with Gasteiger partial charge in [0.25, 0.3) is 5.91 Å². The van der Waals surface area contributed by atoms with Crippen LogP contribution < -0.4 is 5.32 Å². The van der Waals surface area contributed by atoms with E-state index in [-0.39, 0.29) is 17.6 Å². The minimum atomic E-state index is -2.32. The number of amides is 3. The van der Waals surface area contributed by atoms with E-state index in [2.05, 4.69) is 10.4 Å². The van der Waals surface area contributed by atoms with Gasteiger partial charge in [0.1, 0.15) is 5.54 Å². The molecule has 1 saturated heterocycles. The third-order valence-electron chi connectivity index (χ3n) is 4.41. The molecule has 0 radical (unpaired) electrons. The smallest absolute Gasteiger partial charge is 0.318 e. The van der Waals surface area contributed by atoms with Gasteiger partial charge in [-0.15, -0.1) is 5.01 Å². The number of rotatable bonds is 4. The van der Waals surface area contributed by atoms with Crippen LogP contribution in [0.15, 0.2) is 35.4 Å². The van der Waals surface area contributed by atoms with Gasteiger partial charge >= 0.3 is 6.03 Å². The lowest BCUT2D eigenvalue weighted by Crippen LogP contribution is -2.43. The Labute approximate surface area is 155 Å². The fourth-order valence-corrected chi connectivity index (χ4v) is 2.88. The maximum atomic E-state index is 13.7. The van der Waals surface area contributed by atoms with Gasteiger partial charge in [0.15, 0.2) is 23.3 Å². The first kappa shape index (κ1) is 19.5. The number of imide groups is 1. The van der Waals surface area contributed by atoms with Gasteiger partial charge in [-0.05, 0) is 12.0 Å². The normalized spacial score (nSPS) is 19.6. The second-order valence-electron chi connectivity index (χ2n) is 5.90. The van der Waals surface area contributed by atoms with Crippen LogP contribution in [0.25, 0.3) is 0 Å². The number of hydrazone groups is 1. The maximum absolute atomic E-state index is 13.7. The second-order valence-corrected chi connectivity index (χ2v) is 5.90. The molecule has 10 heteroatoms. The Morgan fingerprint density at radius 1 is 0.964 bits per heavy atom. The van der Waals surface area contributed by atoms with Gasteiger partial charge in [0.05, 0.1) is 11.8 Å². The zero-order chi connectivity index (χ0) is 20.6. The van der Waals surface area contributed by atoms with E-state index in [1.165, 1.54) is 0 Å². The standard InChI is InChI=1S/C18H12F5N3O2/c1-2-18(9-6-4-3-5-7-9)16(27)26(17(28)25-18)24-8-10-11(19)13(21)15(23)14(22)12(10)20/h3-8H,2H2,1H3,(H,25,28)/b24-8-/t18-/m1/s1. The van der Waals surface area contributed by atoms with Crippen LogP contribution in [0.3, 0.4) is 0 Å². The molecule has 28 heavy (non-hydrogen) atoms. The van der Waals surface area contributed by atoms with Crippen molar-refractivity contribution in [2.24, 2.45) is 5.10 Å². The van der Waals surface area contributed by atoms with Crippen LogP contribution in [0, 0.1) is 29.1 Å². The number of nitrogens with one attached hydrogen (secondary N) is 1. The second kappa shape index (κ2) is 7.02. The summed E-state index contributed by atoms with van der Waals surface area (Å²) in [4.78, 5) is 25.0. The summed E-state index contributed by atoms with van der Waals surface area (Å²) < 4.78 is 67.1. The lowest BCUT2D eigenvalue weighted by Gasteiger charge is -2.24. The number of urea groups is 1. The Balaban J connectivity index is 2.01. The van der Waals surface area contributed by atoms with Crippen molar-refractivity contribution in [2.45, 2.75) is 18.9 Å². The molecule has 0 aromatic heterocycles. The van der Waals surface area contributed by atoms with Crippen LogP contribution >= 0.6 is 0 Å². The summed E-state index contributed by atoms with van der Waals surface area (Å²) in [7, 11) is 0. The number of halogens is 5. The first-order valence-electron chi connectivity index (χ1n) is 8.02. The minimum absolute atomic E-state index is 0.135. The lowest BCUT2D eigenvalue weighted by atomic mass is 9.87. The van der Waals surface area contributed by atoms with Gasteiger partial charge in [-0.25, -0.2) is 26.7 Å². The molecule has 1 fully saturated rings. The van der Waals surface area contributed by atoms with Crippen molar-refractivity contribution >= 4 is 18.2 Å². The van der Waals surface area contributed by atoms with E-state index < -0.39 is 52.1 Å². The molecule has 1 N–H and O–H groups in total. The number of carbonyl (C=O) groups is 2. The van der Waals surface area contributed by atoms with Crippen molar-refractivity contribution in [3.8, 4) is 0 Å². The van der Waals surface area contributed by atoms with Crippen molar-refractivity contribution in [1.82, 2.24) is 10.3 Å². The summed E-state index contributed by atoms with van der Waals surface area (Å²) in [6.45, 7) is 1.63. The van der Waals surface area contributed by atoms with E-state index in [1.807, 2.05) is 0 Å². The Kier molecular flexibility index (Phi) is 4.88. The monoisotopic (exact) mass is 397 g/mol. The first-order valence-corrected chi connectivity index (χ1v) is 8.02. The Morgan fingerprint density at radius 3 is 2.04 bits per heavy atom. The predicted octanol–water partition coefficient (Wildman–Crippen LogP) is 3.57. The average molecular weight is 397 g/mol. The molecule has 146 valence electrons.